The summed E-state index contributed by atoms with van der Waals surface area (Å²) in [5.41, 5.74) is 2.35. The quantitative estimate of drug-likeness (QED) is 0.849. The van der Waals surface area contributed by atoms with Crippen LogP contribution in [0.4, 0.5) is 16.2 Å². The van der Waals surface area contributed by atoms with Crippen molar-refractivity contribution in [2.45, 2.75) is 19.4 Å². The summed E-state index contributed by atoms with van der Waals surface area (Å²) < 4.78 is 10.5. The summed E-state index contributed by atoms with van der Waals surface area (Å²) in [6.45, 7) is 2.34. The molecule has 1 atom stereocenters. The number of hydrogen-bond acceptors (Lipinski definition) is 4. The van der Waals surface area contributed by atoms with E-state index in [1.807, 2.05) is 37.3 Å². The minimum absolute atomic E-state index is 0.0401. The van der Waals surface area contributed by atoms with E-state index in [2.05, 4.69) is 10.6 Å². The van der Waals surface area contributed by atoms with Gasteiger partial charge in [-0.25, -0.2) is 4.79 Å². The molecule has 1 unspecified atom stereocenters. The van der Waals surface area contributed by atoms with Crippen LogP contribution in [-0.4, -0.2) is 38.7 Å². The molecule has 0 aromatic heterocycles. The molecule has 1 aliphatic heterocycles. The van der Waals surface area contributed by atoms with E-state index in [-0.39, 0.29) is 24.4 Å². The van der Waals surface area contributed by atoms with E-state index < -0.39 is 0 Å². The number of carbonyl (C=O) groups is 2. The Labute approximate surface area is 158 Å². The van der Waals surface area contributed by atoms with Crippen LogP contribution in [0.15, 0.2) is 42.5 Å². The number of rotatable bonds is 5. The molecule has 7 heteroatoms. The maximum atomic E-state index is 12.4. The maximum absolute atomic E-state index is 12.4. The molecule has 0 radical (unpaired) electrons. The Hall–Kier alpha value is -3.22. The van der Waals surface area contributed by atoms with Crippen molar-refractivity contribution in [1.29, 1.82) is 0 Å². The van der Waals surface area contributed by atoms with Crippen molar-refractivity contribution in [2.75, 3.05) is 31.0 Å². The fourth-order valence-electron chi connectivity index (χ4n) is 3.10. The first-order valence-corrected chi connectivity index (χ1v) is 8.66. The van der Waals surface area contributed by atoms with Gasteiger partial charge in [-0.15, -0.1) is 0 Å². The van der Waals surface area contributed by atoms with Gasteiger partial charge in [-0.3, -0.25) is 4.79 Å². The normalized spacial score (nSPS) is 16.2. The lowest BCUT2D eigenvalue weighted by Gasteiger charge is -2.18. The molecule has 3 amide bonds. The van der Waals surface area contributed by atoms with Crippen molar-refractivity contribution in [3.05, 3.63) is 48.0 Å². The summed E-state index contributed by atoms with van der Waals surface area (Å²) >= 11 is 0. The molecule has 1 saturated heterocycles. The second-order valence-electron chi connectivity index (χ2n) is 6.41. The van der Waals surface area contributed by atoms with Crippen molar-refractivity contribution in [1.82, 2.24) is 5.32 Å². The molecule has 0 bridgehead atoms. The Morgan fingerprint density at radius 2 is 1.96 bits per heavy atom. The third-order valence-corrected chi connectivity index (χ3v) is 4.43. The van der Waals surface area contributed by atoms with Crippen LogP contribution in [0.3, 0.4) is 0 Å². The van der Waals surface area contributed by atoms with Crippen LogP contribution in [-0.2, 0) is 4.79 Å². The minimum atomic E-state index is -0.371. The standard InChI is InChI=1S/C20H23N3O4/c1-13-7-8-18(27-3)17(9-13)22-20(25)21-14-10-19(24)23(12-14)15-5-4-6-16(11-15)26-2/h4-9,11,14H,10,12H2,1-3H3,(H2,21,22,25). The summed E-state index contributed by atoms with van der Waals surface area (Å²) in [5.74, 6) is 1.22. The van der Waals surface area contributed by atoms with Gasteiger partial charge in [0.1, 0.15) is 11.5 Å². The largest absolute Gasteiger partial charge is 0.497 e. The first kappa shape index (κ1) is 18.6. The van der Waals surface area contributed by atoms with Gasteiger partial charge in [-0.05, 0) is 36.8 Å². The zero-order valence-corrected chi connectivity index (χ0v) is 15.6. The topological polar surface area (TPSA) is 79.9 Å². The van der Waals surface area contributed by atoms with Crippen molar-refractivity contribution in [2.24, 2.45) is 0 Å². The lowest BCUT2D eigenvalue weighted by molar-refractivity contribution is -0.117. The number of carbonyl (C=O) groups excluding carboxylic acids is 2. The van der Waals surface area contributed by atoms with Crippen molar-refractivity contribution < 1.29 is 19.1 Å². The van der Waals surface area contributed by atoms with Crippen molar-refractivity contribution in [3.63, 3.8) is 0 Å². The molecular formula is C20H23N3O4. The molecule has 2 aromatic rings. The highest BCUT2D eigenvalue weighted by molar-refractivity contribution is 5.98. The van der Waals surface area contributed by atoms with Crippen LogP contribution in [0.2, 0.25) is 0 Å². The number of benzene rings is 2. The van der Waals surface area contributed by atoms with E-state index in [1.165, 1.54) is 0 Å². The van der Waals surface area contributed by atoms with E-state index in [0.717, 1.165) is 11.3 Å². The Bertz CT molecular complexity index is 853. The van der Waals surface area contributed by atoms with Crippen LogP contribution < -0.4 is 25.0 Å². The summed E-state index contributed by atoms with van der Waals surface area (Å²) in [5, 5.41) is 5.65. The van der Waals surface area contributed by atoms with Crippen LogP contribution >= 0.6 is 0 Å². The van der Waals surface area contributed by atoms with E-state index in [4.69, 9.17) is 9.47 Å². The molecule has 2 aromatic carbocycles. The van der Waals surface area contributed by atoms with Gasteiger partial charge in [0.2, 0.25) is 5.91 Å². The van der Waals surface area contributed by atoms with Crippen LogP contribution in [0.1, 0.15) is 12.0 Å². The smallest absolute Gasteiger partial charge is 0.319 e. The van der Waals surface area contributed by atoms with Gasteiger partial charge in [0.25, 0.3) is 0 Å². The monoisotopic (exact) mass is 369 g/mol. The Kier molecular flexibility index (Phi) is 5.49. The molecular weight excluding hydrogens is 346 g/mol. The number of nitrogens with one attached hydrogen (secondary N) is 2. The summed E-state index contributed by atoms with van der Waals surface area (Å²) in [6.07, 6.45) is 0.246. The second kappa shape index (κ2) is 7.99. The van der Waals surface area contributed by atoms with Gasteiger partial charge in [0.15, 0.2) is 0 Å². The number of aryl methyl sites for hydroxylation is 1. The first-order chi connectivity index (χ1) is 13.0. The highest BCUT2D eigenvalue weighted by atomic mass is 16.5. The number of nitrogens with zero attached hydrogens (tertiary/aromatic N) is 1. The fraction of sp³-hybridized carbons (Fsp3) is 0.300. The van der Waals surface area contributed by atoms with Gasteiger partial charge >= 0.3 is 6.03 Å². The Morgan fingerprint density at radius 3 is 2.70 bits per heavy atom. The average Bonchev–Trinajstić information content (AvgIpc) is 3.02. The third kappa shape index (κ3) is 4.31. The Balaban J connectivity index is 1.64. The van der Waals surface area contributed by atoms with Crippen LogP contribution in [0, 0.1) is 6.92 Å². The summed E-state index contributed by atoms with van der Waals surface area (Å²) in [4.78, 5) is 26.4. The fourth-order valence-corrected chi connectivity index (χ4v) is 3.10. The highest BCUT2D eigenvalue weighted by Gasteiger charge is 2.31. The molecule has 1 heterocycles. The van der Waals surface area contributed by atoms with Gasteiger partial charge in [-0.2, -0.15) is 0 Å². The second-order valence-corrected chi connectivity index (χ2v) is 6.41. The number of ether oxygens (including phenoxy) is 2. The minimum Gasteiger partial charge on any atom is -0.497 e. The predicted molar refractivity (Wildman–Crippen MR) is 104 cm³/mol. The van der Waals surface area contributed by atoms with E-state index >= 15 is 0 Å². The molecule has 0 spiro atoms. The number of anilines is 2. The SMILES string of the molecule is COc1cccc(N2CC(NC(=O)Nc3cc(C)ccc3OC)CC2=O)c1. The predicted octanol–water partition coefficient (Wildman–Crippen LogP) is 2.94. The zero-order valence-electron chi connectivity index (χ0n) is 15.6. The van der Waals surface area contributed by atoms with Gasteiger partial charge < -0.3 is 25.0 Å². The molecule has 27 heavy (non-hydrogen) atoms. The summed E-state index contributed by atoms with van der Waals surface area (Å²) in [7, 11) is 3.13. The lowest BCUT2D eigenvalue weighted by atomic mass is 10.2. The van der Waals surface area contributed by atoms with Gasteiger partial charge in [0, 0.05) is 24.7 Å². The number of hydrogen-bond donors (Lipinski definition) is 2. The highest BCUT2D eigenvalue weighted by Crippen LogP contribution is 2.27. The average molecular weight is 369 g/mol. The molecule has 7 nitrogen and oxygen atoms in total. The van der Waals surface area contributed by atoms with E-state index in [1.54, 1.807) is 31.3 Å². The van der Waals surface area contributed by atoms with Crippen molar-refractivity contribution >= 4 is 23.3 Å². The van der Waals surface area contributed by atoms with Gasteiger partial charge in [0.05, 0.1) is 25.9 Å². The first-order valence-electron chi connectivity index (χ1n) is 8.66. The number of amides is 3. The molecule has 142 valence electrons. The molecule has 1 fully saturated rings. The third-order valence-electron chi connectivity index (χ3n) is 4.43. The number of methoxy groups -OCH3 is 2. The molecule has 0 aliphatic carbocycles. The molecule has 0 saturated carbocycles. The maximum Gasteiger partial charge on any atom is 0.319 e. The van der Waals surface area contributed by atoms with Crippen LogP contribution in [0.5, 0.6) is 11.5 Å². The summed E-state index contributed by atoms with van der Waals surface area (Å²) in [6, 6.07) is 12.2. The van der Waals surface area contributed by atoms with Crippen LogP contribution in [0.25, 0.3) is 0 Å². The van der Waals surface area contributed by atoms with Crippen molar-refractivity contribution in [3.8, 4) is 11.5 Å². The molecule has 1 aliphatic rings. The number of urea groups is 1. The Morgan fingerprint density at radius 1 is 1.15 bits per heavy atom. The van der Waals surface area contributed by atoms with E-state index in [0.29, 0.717) is 23.7 Å². The molecule has 2 N–H and O–H groups in total. The van der Waals surface area contributed by atoms with E-state index in [9.17, 15) is 9.59 Å². The molecule has 3 rings (SSSR count). The lowest BCUT2D eigenvalue weighted by Crippen LogP contribution is -2.39. The zero-order chi connectivity index (χ0) is 19.4. The van der Waals surface area contributed by atoms with Gasteiger partial charge in [-0.1, -0.05) is 12.1 Å².